The summed E-state index contributed by atoms with van der Waals surface area (Å²) in [5.74, 6) is -0.0825. The molecule has 3 aliphatic heterocycles. The van der Waals surface area contributed by atoms with E-state index in [9.17, 15) is 19.6 Å². The van der Waals surface area contributed by atoms with Crippen LogP contribution >= 0.6 is 0 Å². The monoisotopic (exact) mass is 506 g/mol. The molecule has 10 heteroatoms. The summed E-state index contributed by atoms with van der Waals surface area (Å²) < 4.78 is 5.52. The van der Waals surface area contributed by atoms with E-state index in [1.165, 1.54) is 0 Å². The molecule has 4 unspecified atom stereocenters. The van der Waals surface area contributed by atoms with Gasteiger partial charge in [-0.1, -0.05) is 12.6 Å². The number of nitrogens with zero attached hydrogens (tertiary/aromatic N) is 4. The molecule has 4 fully saturated rings. The van der Waals surface area contributed by atoms with Crippen molar-refractivity contribution in [1.29, 1.82) is 5.26 Å². The number of hydrogen-bond donors (Lipinski definition) is 2. The highest BCUT2D eigenvalue weighted by Gasteiger charge is 2.54. The van der Waals surface area contributed by atoms with Crippen LogP contribution in [0.1, 0.15) is 50.4 Å². The largest absolute Gasteiger partial charge is 0.444 e. The molecule has 6 atom stereocenters. The number of piperidine rings is 1. The maximum Gasteiger partial charge on any atom is 0.408 e. The van der Waals surface area contributed by atoms with Crippen molar-refractivity contribution in [1.82, 2.24) is 15.1 Å². The molecular formula is C27H34N6O4. The standard InChI is InChI=1S/C27H34N6O4/c1-15(32-19(12-28)9-17-10-22(17)32)21(30-26(36)37-27(2,3)4)14-31-13-20-11-23(31)25(35)33(20)18-7-5-6-16(8-18)24(29)34/h5-8,17,19-23H,1,9-11,13-14H2,2-4H3,(H2,29,34)(H,30,36)/t17-,19?,20+,21?,22?,23?/m1/s1. The zero-order valence-corrected chi connectivity index (χ0v) is 21.5. The molecule has 3 saturated heterocycles. The van der Waals surface area contributed by atoms with E-state index in [1.54, 1.807) is 43.9 Å². The third-order valence-corrected chi connectivity index (χ3v) is 7.77. The number of primary amides is 1. The summed E-state index contributed by atoms with van der Waals surface area (Å²) in [7, 11) is 0. The van der Waals surface area contributed by atoms with E-state index >= 15 is 0 Å². The second-order valence-corrected chi connectivity index (χ2v) is 11.5. The van der Waals surface area contributed by atoms with E-state index in [2.05, 4.69) is 27.8 Å². The van der Waals surface area contributed by atoms with E-state index in [0.717, 1.165) is 12.8 Å². The molecule has 1 aromatic rings. The van der Waals surface area contributed by atoms with Crippen molar-refractivity contribution < 1.29 is 19.1 Å². The smallest absolute Gasteiger partial charge is 0.408 e. The number of carbonyl (C=O) groups excluding carboxylic acids is 3. The van der Waals surface area contributed by atoms with Gasteiger partial charge in [0.2, 0.25) is 11.8 Å². The van der Waals surface area contributed by atoms with Crippen LogP contribution in [0.25, 0.3) is 0 Å². The van der Waals surface area contributed by atoms with Crippen molar-refractivity contribution in [3.63, 3.8) is 0 Å². The van der Waals surface area contributed by atoms with Crippen LogP contribution in [0.4, 0.5) is 10.5 Å². The molecule has 37 heavy (non-hydrogen) atoms. The molecule has 0 radical (unpaired) electrons. The van der Waals surface area contributed by atoms with E-state index in [4.69, 9.17) is 10.5 Å². The Kier molecular flexibility index (Phi) is 6.15. The Balaban J connectivity index is 1.33. The summed E-state index contributed by atoms with van der Waals surface area (Å²) in [6, 6.07) is 8.31. The summed E-state index contributed by atoms with van der Waals surface area (Å²) in [5, 5.41) is 12.7. The van der Waals surface area contributed by atoms with Gasteiger partial charge in [-0.25, -0.2) is 4.79 Å². The fourth-order valence-electron chi connectivity index (χ4n) is 6.10. The van der Waals surface area contributed by atoms with Crippen LogP contribution in [0.5, 0.6) is 0 Å². The third-order valence-electron chi connectivity index (χ3n) is 7.77. The fourth-order valence-corrected chi connectivity index (χ4v) is 6.10. The van der Waals surface area contributed by atoms with Crippen LogP contribution in [0, 0.1) is 17.2 Å². The predicted octanol–water partition coefficient (Wildman–Crippen LogP) is 1.97. The zero-order chi connectivity index (χ0) is 26.6. The zero-order valence-electron chi connectivity index (χ0n) is 21.5. The topological polar surface area (TPSA) is 132 Å². The SMILES string of the molecule is C=C(C(CN1C[C@@H]2CC1C(=O)N2c1cccc(C(N)=O)c1)NC(=O)OC(C)(C)C)N1C(C#N)C[C@@H]2CC21. The number of nitrogens with two attached hydrogens (primary N) is 1. The summed E-state index contributed by atoms with van der Waals surface area (Å²) in [4.78, 5) is 43.7. The average molecular weight is 507 g/mol. The first-order valence-corrected chi connectivity index (χ1v) is 12.8. The number of piperazine rings is 1. The lowest BCUT2D eigenvalue weighted by Crippen LogP contribution is -2.56. The van der Waals surface area contributed by atoms with E-state index < -0.39 is 23.6 Å². The highest BCUT2D eigenvalue weighted by Crippen LogP contribution is 2.49. The summed E-state index contributed by atoms with van der Waals surface area (Å²) in [6.45, 7) is 10.7. The number of nitriles is 1. The van der Waals surface area contributed by atoms with Gasteiger partial charge in [-0.2, -0.15) is 5.26 Å². The van der Waals surface area contributed by atoms with Crippen LogP contribution in [0.2, 0.25) is 0 Å². The molecule has 5 rings (SSSR count). The summed E-state index contributed by atoms with van der Waals surface area (Å²) in [5.41, 5.74) is 6.47. The van der Waals surface area contributed by atoms with Crippen molar-refractivity contribution in [2.45, 2.75) is 75.8 Å². The molecule has 196 valence electrons. The number of hydrogen-bond acceptors (Lipinski definition) is 7. The summed E-state index contributed by atoms with van der Waals surface area (Å²) in [6.07, 6.45) is 1.94. The minimum absolute atomic E-state index is 0.0437. The van der Waals surface area contributed by atoms with Crippen molar-refractivity contribution in [2.24, 2.45) is 11.7 Å². The molecule has 0 aromatic heterocycles. The lowest BCUT2D eigenvalue weighted by atomic mass is 10.1. The Morgan fingerprint density at radius 2 is 2.05 bits per heavy atom. The van der Waals surface area contributed by atoms with Gasteiger partial charge in [0, 0.05) is 36.1 Å². The van der Waals surface area contributed by atoms with E-state index in [1.807, 2.05) is 6.07 Å². The molecule has 4 aliphatic rings. The second kappa shape index (κ2) is 9.06. The van der Waals surface area contributed by atoms with Crippen LogP contribution < -0.4 is 16.0 Å². The van der Waals surface area contributed by atoms with Crippen molar-refractivity contribution in [3.8, 4) is 6.07 Å². The predicted molar refractivity (Wildman–Crippen MR) is 136 cm³/mol. The summed E-state index contributed by atoms with van der Waals surface area (Å²) >= 11 is 0. The first-order valence-electron chi connectivity index (χ1n) is 12.8. The van der Waals surface area contributed by atoms with Gasteiger partial charge in [-0.05, 0) is 64.2 Å². The van der Waals surface area contributed by atoms with Crippen LogP contribution in [0.15, 0.2) is 36.5 Å². The highest BCUT2D eigenvalue weighted by atomic mass is 16.6. The van der Waals surface area contributed by atoms with Crippen LogP contribution in [-0.2, 0) is 9.53 Å². The quantitative estimate of drug-likeness (QED) is 0.578. The molecule has 2 bridgehead atoms. The molecule has 1 saturated carbocycles. The number of likely N-dealkylation sites (tertiary alicyclic amines) is 2. The Bertz CT molecular complexity index is 1190. The molecule has 10 nitrogen and oxygen atoms in total. The average Bonchev–Trinajstić information content (AvgIpc) is 3.15. The van der Waals surface area contributed by atoms with Gasteiger partial charge >= 0.3 is 6.09 Å². The lowest BCUT2D eigenvalue weighted by Gasteiger charge is -2.38. The van der Waals surface area contributed by atoms with Crippen molar-refractivity contribution in [3.05, 3.63) is 42.1 Å². The number of amides is 3. The van der Waals surface area contributed by atoms with Gasteiger partial charge in [0.15, 0.2) is 0 Å². The Morgan fingerprint density at radius 3 is 2.70 bits per heavy atom. The number of benzene rings is 1. The van der Waals surface area contributed by atoms with Crippen molar-refractivity contribution >= 4 is 23.6 Å². The molecule has 3 N–H and O–H groups in total. The number of nitrogens with one attached hydrogen (secondary N) is 1. The number of ether oxygens (including phenoxy) is 1. The number of fused-ring (bicyclic) bond motifs is 3. The maximum atomic E-state index is 13.4. The molecule has 1 aliphatic carbocycles. The van der Waals surface area contributed by atoms with Gasteiger partial charge in [0.25, 0.3) is 0 Å². The maximum absolute atomic E-state index is 13.4. The van der Waals surface area contributed by atoms with Gasteiger partial charge in [-0.3, -0.25) is 14.5 Å². The molecule has 1 aromatic carbocycles. The number of rotatable bonds is 7. The van der Waals surface area contributed by atoms with Crippen molar-refractivity contribution in [2.75, 3.05) is 18.0 Å². The first-order chi connectivity index (χ1) is 17.5. The number of carbonyl (C=O) groups is 3. The molecule has 0 spiro atoms. The highest BCUT2D eigenvalue weighted by molar-refractivity contribution is 6.02. The Morgan fingerprint density at radius 1 is 1.30 bits per heavy atom. The number of anilines is 1. The fraction of sp³-hybridized carbons (Fsp3) is 0.556. The normalized spacial score (nSPS) is 29.0. The second-order valence-electron chi connectivity index (χ2n) is 11.5. The third kappa shape index (κ3) is 4.76. The van der Waals surface area contributed by atoms with Gasteiger partial charge in [0.05, 0.1) is 24.2 Å². The van der Waals surface area contributed by atoms with Crippen LogP contribution in [0.3, 0.4) is 0 Å². The Labute approximate surface area is 217 Å². The van der Waals surface area contributed by atoms with Crippen LogP contribution in [-0.4, -0.2) is 76.6 Å². The molecule has 3 amide bonds. The minimum atomic E-state index is -0.664. The van der Waals surface area contributed by atoms with Gasteiger partial charge in [-0.15, -0.1) is 0 Å². The number of alkyl carbamates (subject to hydrolysis) is 1. The minimum Gasteiger partial charge on any atom is -0.444 e. The molecular weight excluding hydrogens is 472 g/mol. The van der Waals surface area contributed by atoms with Gasteiger partial charge < -0.3 is 25.6 Å². The molecule has 3 heterocycles. The van der Waals surface area contributed by atoms with E-state index in [-0.39, 0.29) is 30.1 Å². The van der Waals surface area contributed by atoms with E-state index in [0.29, 0.717) is 42.4 Å². The Hall–Kier alpha value is -3.58. The van der Waals surface area contributed by atoms with Gasteiger partial charge in [0.1, 0.15) is 11.6 Å². The lowest BCUT2D eigenvalue weighted by molar-refractivity contribution is -0.122. The first kappa shape index (κ1) is 25.1.